The van der Waals surface area contributed by atoms with Crippen molar-refractivity contribution in [3.63, 3.8) is 0 Å². The van der Waals surface area contributed by atoms with E-state index in [4.69, 9.17) is 9.47 Å². The van der Waals surface area contributed by atoms with Crippen LogP contribution >= 0.6 is 0 Å². The van der Waals surface area contributed by atoms with Crippen molar-refractivity contribution in [2.45, 2.75) is 6.61 Å². The number of rotatable bonds is 3. The lowest BCUT2D eigenvalue weighted by molar-refractivity contribution is -0.140. The highest BCUT2D eigenvalue weighted by atomic mass is 16.5. The van der Waals surface area contributed by atoms with Crippen LogP contribution in [0.1, 0.15) is 5.56 Å². The van der Waals surface area contributed by atoms with Crippen LogP contribution in [0.25, 0.3) is 0 Å². The zero-order valence-corrected chi connectivity index (χ0v) is 8.76. The Morgan fingerprint density at radius 2 is 2.12 bits per heavy atom. The van der Waals surface area contributed by atoms with E-state index in [1.807, 2.05) is 30.3 Å². The van der Waals surface area contributed by atoms with Crippen molar-refractivity contribution >= 4 is 5.97 Å². The summed E-state index contributed by atoms with van der Waals surface area (Å²) >= 11 is 0. The number of benzene rings is 1. The molecule has 1 aromatic rings. The monoisotopic (exact) mass is 216 g/mol. The molecule has 1 heterocycles. The van der Waals surface area contributed by atoms with Crippen LogP contribution in [0.2, 0.25) is 0 Å². The molecule has 1 aliphatic heterocycles. The fourth-order valence-electron chi connectivity index (χ4n) is 1.34. The topological polar surface area (TPSA) is 35.5 Å². The van der Waals surface area contributed by atoms with Gasteiger partial charge in [-0.2, -0.15) is 0 Å². The second kappa shape index (κ2) is 5.16. The van der Waals surface area contributed by atoms with Gasteiger partial charge in [-0.1, -0.05) is 30.3 Å². The molecule has 3 heteroatoms. The molecule has 1 aromatic carbocycles. The van der Waals surface area contributed by atoms with Gasteiger partial charge >= 0.3 is 5.97 Å². The fraction of sp³-hybridized carbons (Fsp3) is 0.154. The minimum Gasteiger partial charge on any atom is -0.497 e. The van der Waals surface area contributed by atoms with Gasteiger partial charge < -0.3 is 9.47 Å². The number of esters is 1. The smallest absolute Gasteiger partial charge is 0.338 e. The lowest BCUT2D eigenvalue weighted by Gasteiger charge is -2.08. The van der Waals surface area contributed by atoms with Gasteiger partial charge in [-0.05, 0) is 17.7 Å². The lowest BCUT2D eigenvalue weighted by Crippen LogP contribution is -2.09. The second-order valence-corrected chi connectivity index (χ2v) is 3.36. The average molecular weight is 216 g/mol. The molecule has 0 N–H and O–H groups in total. The van der Waals surface area contributed by atoms with E-state index in [-0.39, 0.29) is 5.97 Å². The molecule has 2 rings (SSSR count). The van der Waals surface area contributed by atoms with Crippen LogP contribution in [0.5, 0.6) is 0 Å². The van der Waals surface area contributed by atoms with Gasteiger partial charge in [-0.15, -0.1) is 0 Å². The maximum Gasteiger partial charge on any atom is 0.338 e. The molecule has 1 aliphatic rings. The molecule has 0 aliphatic carbocycles. The Morgan fingerprint density at radius 3 is 2.81 bits per heavy atom. The van der Waals surface area contributed by atoms with Crippen LogP contribution in [-0.4, -0.2) is 12.6 Å². The molecule has 3 nitrogen and oxygen atoms in total. The van der Waals surface area contributed by atoms with Crippen LogP contribution in [0.15, 0.2) is 54.3 Å². The van der Waals surface area contributed by atoms with E-state index >= 15 is 0 Å². The minimum atomic E-state index is -0.316. The van der Waals surface area contributed by atoms with Crippen molar-refractivity contribution in [3.05, 3.63) is 59.9 Å². The summed E-state index contributed by atoms with van der Waals surface area (Å²) in [5.74, 6) is -0.316. The summed E-state index contributed by atoms with van der Waals surface area (Å²) in [7, 11) is 0. The standard InChI is InChI=1S/C13H12O3/c14-13(12-6-8-15-9-7-12)16-10-11-4-2-1-3-5-11/h1-8H,9-10H2. The molecule has 0 atom stereocenters. The molecule has 82 valence electrons. The summed E-state index contributed by atoms with van der Waals surface area (Å²) in [6.45, 7) is 0.720. The number of carbonyl (C=O) groups is 1. The molecule has 0 aromatic heterocycles. The molecule has 0 saturated heterocycles. The average Bonchev–Trinajstić information content (AvgIpc) is 2.38. The first-order valence-electron chi connectivity index (χ1n) is 5.05. The third kappa shape index (κ3) is 2.73. The van der Waals surface area contributed by atoms with E-state index in [1.54, 1.807) is 12.2 Å². The zero-order valence-electron chi connectivity index (χ0n) is 8.76. The molecular formula is C13H12O3. The predicted molar refractivity (Wildman–Crippen MR) is 59.4 cm³/mol. The molecule has 0 unspecified atom stereocenters. The van der Waals surface area contributed by atoms with Crippen molar-refractivity contribution in [2.75, 3.05) is 6.61 Å². The van der Waals surface area contributed by atoms with Crippen LogP contribution in [0.3, 0.4) is 0 Å². The Balaban J connectivity index is 1.89. The highest BCUT2D eigenvalue weighted by Gasteiger charge is 2.09. The predicted octanol–water partition coefficient (Wildman–Crippen LogP) is 2.20. The summed E-state index contributed by atoms with van der Waals surface area (Å²) < 4.78 is 10.1. The zero-order chi connectivity index (χ0) is 11.2. The summed E-state index contributed by atoms with van der Waals surface area (Å²) in [6, 6.07) is 9.59. The van der Waals surface area contributed by atoms with E-state index < -0.39 is 0 Å². The summed E-state index contributed by atoms with van der Waals surface area (Å²) in [5, 5.41) is 0. The van der Waals surface area contributed by atoms with Gasteiger partial charge in [-0.25, -0.2) is 4.79 Å². The Morgan fingerprint density at radius 1 is 1.31 bits per heavy atom. The first-order chi connectivity index (χ1) is 7.86. The Labute approximate surface area is 94.0 Å². The molecule has 0 fully saturated rings. The highest BCUT2D eigenvalue weighted by Crippen LogP contribution is 2.08. The Bertz CT molecular complexity index is 418. The number of hydrogen-bond donors (Lipinski definition) is 0. The second-order valence-electron chi connectivity index (χ2n) is 3.36. The number of carbonyl (C=O) groups excluding carboxylic acids is 1. The molecule has 0 amide bonds. The van der Waals surface area contributed by atoms with E-state index in [9.17, 15) is 4.79 Å². The van der Waals surface area contributed by atoms with Crippen LogP contribution < -0.4 is 0 Å². The SMILES string of the molecule is O=C(OCc1ccccc1)C1=CCOC=C1. The van der Waals surface area contributed by atoms with E-state index in [0.717, 1.165) is 5.56 Å². The number of ether oxygens (including phenoxy) is 2. The van der Waals surface area contributed by atoms with Crippen LogP contribution in [-0.2, 0) is 20.9 Å². The molecule has 0 saturated carbocycles. The summed E-state index contributed by atoms with van der Waals surface area (Å²) in [6.07, 6.45) is 4.81. The Kier molecular flexibility index (Phi) is 3.38. The maximum atomic E-state index is 11.6. The minimum absolute atomic E-state index is 0.297. The van der Waals surface area contributed by atoms with Gasteiger partial charge in [0.05, 0.1) is 11.8 Å². The van der Waals surface area contributed by atoms with Crippen molar-refractivity contribution in [3.8, 4) is 0 Å². The van der Waals surface area contributed by atoms with Gasteiger partial charge in [-0.3, -0.25) is 0 Å². The Hall–Kier alpha value is -2.03. The van der Waals surface area contributed by atoms with Crippen molar-refractivity contribution in [2.24, 2.45) is 0 Å². The normalized spacial score (nSPS) is 13.9. The van der Waals surface area contributed by atoms with Crippen molar-refractivity contribution < 1.29 is 14.3 Å². The first kappa shape index (κ1) is 10.5. The third-order valence-electron chi connectivity index (χ3n) is 2.19. The number of hydrogen-bond acceptors (Lipinski definition) is 3. The van der Waals surface area contributed by atoms with Crippen LogP contribution in [0.4, 0.5) is 0 Å². The van der Waals surface area contributed by atoms with Gasteiger partial charge in [0.25, 0.3) is 0 Å². The molecule has 0 spiro atoms. The molecule has 0 bridgehead atoms. The quantitative estimate of drug-likeness (QED) is 0.726. The van der Waals surface area contributed by atoms with Gasteiger partial charge in [0.1, 0.15) is 13.2 Å². The maximum absolute atomic E-state index is 11.6. The lowest BCUT2D eigenvalue weighted by atomic mass is 10.2. The van der Waals surface area contributed by atoms with Gasteiger partial charge in [0.2, 0.25) is 0 Å². The fourth-order valence-corrected chi connectivity index (χ4v) is 1.34. The van der Waals surface area contributed by atoms with Crippen molar-refractivity contribution in [1.82, 2.24) is 0 Å². The van der Waals surface area contributed by atoms with Crippen LogP contribution in [0, 0.1) is 0 Å². The highest BCUT2D eigenvalue weighted by molar-refractivity contribution is 5.91. The van der Waals surface area contributed by atoms with E-state index in [0.29, 0.717) is 18.8 Å². The van der Waals surface area contributed by atoms with Gasteiger partial charge in [0.15, 0.2) is 0 Å². The molecule has 0 radical (unpaired) electrons. The van der Waals surface area contributed by atoms with E-state index in [1.165, 1.54) is 6.26 Å². The molecular weight excluding hydrogens is 204 g/mol. The first-order valence-corrected chi connectivity index (χ1v) is 5.05. The molecule has 16 heavy (non-hydrogen) atoms. The largest absolute Gasteiger partial charge is 0.497 e. The van der Waals surface area contributed by atoms with Crippen molar-refractivity contribution in [1.29, 1.82) is 0 Å². The third-order valence-corrected chi connectivity index (χ3v) is 2.19. The van der Waals surface area contributed by atoms with Gasteiger partial charge in [0, 0.05) is 0 Å². The summed E-state index contributed by atoms with van der Waals surface area (Å²) in [4.78, 5) is 11.6. The summed E-state index contributed by atoms with van der Waals surface area (Å²) in [5.41, 5.74) is 1.52. The van der Waals surface area contributed by atoms with E-state index in [2.05, 4.69) is 0 Å².